The highest BCUT2D eigenvalue weighted by Gasteiger charge is 2.10. The molecule has 0 amide bonds. The topological polar surface area (TPSA) is 68.4 Å². The van der Waals surface area contributed by atoms with Gasteiger partial charge in [-0.1, -0.05) is 15.9 Å². The summed E-state index contributed by atoms with van der Waals surface area (Å²) in [5, 5.41) is 0. The van der Waals surface area contributed by atoms with E-state index in [1.165, 1.54) is 12.3 Å². The molecule has 0 aliphatic carbocycles. The van der Waals surface area contributed by atoms with Crippen LogP contribution in [0.4, 0.5) is 0 Å². The van der Waals surface area contributed by atoms with Gasteiger partial charge < -0.3 is 14.5 Å². The molecule has 0 unspecified atom stereocenters. The van der Waals surface area contributed by atoms with Crippen molar-refractivity contribution in [3.63, 3.8) is 0 Å². The molecule has 104 valence electrons. The van der Waals surface area contributed by atoms with Crippen LogP contribution in [-0.4, -0.2) is 24.2 Å². The number of aromatic nitrogens is 1. The van der Waals surface area contributed by atoms with Crippen LogP contribution in [0, 0.1) is 0 Å². The summed E-state index contributed by atoms with van der Waals surface area (Å²) in [4.78, 5) is 25.4. The van der Waals surface area contributed by atoms with Crippen molar-refractivity contribution in [3.05, 3.63) is 63.0 Å². The Bertz CT molecular complexity index is 636. The highest BCUT2D eigenvalue weighted by molar-refractivity contribution is 9.10. The number of esters is 1. The van der Waals surface area contributed by atoms with Crippen molar-refractivity contribution in [2.75, 3.05) is 13.2 Å². The van der Waals surface area contributed by atoms with Crippen molar-refractivity contribution in [1.29, 1.82) is 0 Å². The smallest absolute Gasteiger partial charge is 0.343 e. The van der Waals surface area contributed by atoms with Crippen molar-refractivity contribution in [1.82, 2.24) is 4.98 Å². The summed E-state index contributed by atoms with van der Waals surface area (Å²) < 4.78 is 11.3. The third kappa shape index (κ3) is 3.96. The molecule has 0 aliphatic rings. The monoisotopic (exact) mass is 337 g/mol. The largest absolute Gasteiger partial charge is 0.490 e. The molecule has 0 aliphatic heterocycles. The number of rotatable bonds is 5. The number of H-pyrrole nitrogens is 1. The molecule has 20 heavy (non-hydrogen) atoms. The Kier molecular flexibility index (Phi) is 4.95. The van der Waals surface area contributed by atoms with E-state index >= 15 is 0 Å². The zero-order valence-electron chi connectivity index (χ0n) is 10.5. The first-order valence-electron chi connectivity index (χ1n) is 5.90. The number of hydrogen-bond acceptors (Lipinski definition) is 4. The summed E-state index contributed by atoms with van der Waals surface area (Å²) in [5.74, 6) is 0.0214. The summed E-state index contributed by atoms with van der Waals surface area (Å²) in [6.45, 7) is 0.293. The fraction of sp³-hybridized carbons (Fsp3) is 0.143. The van der Waals surface area contributed by atoms with E-state index in [2.05, 4.69) is 20.9 Å². The molecule has 0 spiro atoms. The maximum atomic E-state index is 11.6. The van der Waals surface area contributed by atoms with Gasteiger partial charge in [0.25, 0.3) is 5.56 Å². The molecule has 0 saturated carbocycles. The van der Waals surface area contributed by atoms with Gasteiger partial charge in [-0.05, 0) is 36.4 Å². The van der Waals surface area contributed by atoms with E-state index < -0.39 is 11.5 Å². The Morgan fingerprint density at radius 1 is 1.15 bits per heavy atom. The number of halogens is 1. The van der Waals surface area contributed by atoms with Gasteiger partial charge in [-0.3, -0.25) is 4.79 Å². The minimum absolute atomic E-state index is 0.0175. The van der Waals surface area contributed by atoms with Crippen LogP contribution in [0.3, 0.4) is 0 Å². The summed E-state index contributed by atoms with van der Waals surface area (Å²) in [5.41, 5.74) is -0.484. The van der Waals surface area contributed by atoms with E-state index in [9.17, 15) is 9.59 Å². The molecular formula is C14H12BrNO4. The second-order valence-electron chi connectivity index (χ2n) is 3.85. The standard InChI is InChI=1S/C14H12BrNO4/c15-10-3-5-11(6-4-10)19-8-9-20-14(18)12-2-1-7-16-13(12)17/h1-7H,8-9H2,(H,16,17). The third-order valence-corrected chi connectivity index (χ3v) is 2.97. The zero-order valence-corrected chi connectivity index (χ0v) is 12.1. The molecule has 1 aromatic carbocycles. The van der Waals surface area contributed by atoms with Gasteiger partial charge in [0.05, 0.1) is 0 Å². The Morgan fingerprint density at radius 3 is 2.60 bits per heavy atom. The third-order valence-electron chi connectivity index (χ3n) is 2.44. The highest BCUT2D eigenvalue weighted by Crippen LogP contribution is 2.15. The molecule has 1 N–H and O–H groups in total. The summed E-state index contributed by atoms with van der Waals surface area (Å²) in [7, 11) is 0. The second kappa shape index (κ2) is 6.91. The SMILES string of the molecule is O=C(OCCOc1ccc(Br)cc1)c1ccc[nH]c1=O. The lowest BCUT2D eigenvalue weighted by Gasteiger charge is -2.07. The first-order valence-corrected chi connectivity index (χ1v) is 6.69. The molecule has 0 radical (unpaired) electrons. The van der Waals surface area contributed by atoms with Crippen LogP contribution in [0.5, 0.6) is 5.75 Å². The van der Waals surface area contributed by atoms with Crippen LogP contribution in [-0.2, 0) is 4.74 Å². The Labute approximate surface area is 123 Å². The summed E-state index contributed by atoms with van der Waals surface area (Å²) in [6.07, 6.45) is 1.45. The molecule has 0 bridgehead atoms. The summed E-state index contributed by atoms with van der Waals surface area (Å²) in [6, 6.07) is 10.3. The van der Waals surface area contributed by atoms with Crippen molar-refractivity contribution in [2.24, 2.45) is 0 Å². The molecule has 0 saturated heterocycles. The second-order valence-corrected chi connectivity index (χ2v) is 4.77. The van der Waals surface area contributed by atoms with E-state index in [1.807, 2.05) is 12.1 Å². The molecule has 6 heteroatoms. The molecule has 2 aromatic rings. The minimum atomic E-state index is -0.661. The number of aromatic amines is 1. The lowest BCUT2D eigenvalue weighted by Crippen LogP contribution is -2.20. The fourth-order valence-electron chi connectivity index (χ4n) is 1.48. The van der Waals surface area contributed by atoms with Gasteiger partial charge in [0.1, 0.15) is 24.5 Å². The number of ether oxygens (including phenoxy) is 2. The average Bonchev–Trinajstić information content (AvgIpc) is 2.46. The number of nitrogens with one attached hydrogen (secondary N) is 1. The minimum Gasteiger partial charge on any atom is -0.490 e. The fourth-order valence-corrected chi connectivity index (χ4v) is 1.75. The van der Waals surface area contributed by atoms with Gasteiger partial charge in [-0.2, -0.15) is 0 Å². The maximum Gasteiger partial charge on any atom is 0.343 e. The first-order chi connectivity index (χ1) is 9.66. The number of hydrogen-bond donors (Lipinski definition) is 1. The Morgan fingerprint density at radius 2 is 1.90 bits per heavy atom. The van der Waals surface area contributed by atoms with Crippen LogP contribution in [0.25, 0.3) is 0 Å². The van der Waals surface area contributed by atoms with Crippen LogP contribution < -0.4 is 10.3 Å². The van der Waals surface area contributed by atoms with Crippen LogP contribution in [0.1, 0.15) is 10.4 Å². The van der Waals surface area contributed by atoms with Gasteiger partial charge in [0.15, 0.2) is 0 Å². The number of benzene rings is 1. The highest BCUT2D eigenvalue weighted by atomic mass is 79.9. The van der Waals surface area contributed by atoms with E-state index in [1.54, 1.807) is 18.2 Å². The molecule has 0 fully saturated rings. The van der Waals surface area contributed by atoms with Crippen molar-refractivity contribution in [2.45, 2.75) is 0 Å². The molecule has 0 atom stereocenters. The molecule has 5 nitrogen and oxygen atoms in total. The average molecular weight is 338 g/mol. The zero-order chi connectivity index (χ0) is 14.4. The van der Waals surface area contributed by atoms with Gasteiger partial charge in [0.2, 0.25) is 0 Å². The molecule has 1 heterocycles. The van der Waals surface area contributed by atoms with Gasteiger partial charge in [0, 0.05) is 10.7 Å². The molecule has 2 rings (SSSR count). The van der Waals surface area contributed by atoms with E-state index in [-0.39, 0.29) is 18.8 Å². The predicted octanol–water partition coefficient (Wildman–Crippen LogP) is 2.37. The first kappa shape index (κ1) is 14.3. The van der Waals surface area contributed by atoms with Crippen LogP contribution in [0.15, 0.2) is 51.9 Å². The normalized spacial score (nSPS) is 10.1. The van der Waals surface area contributed by atoms with Gasteiger partial charge >= 0.3 is 5.97 Å². The maximum absolute atomic E-state index is 11.6. The van der Waals surface area contributed by atoms with Gasteiger partial charge in [-0.15, -0.1) is 0 Å². The van der Waals surface area contributed by atoms with E-state index in [0.29, 0.717) is 5.75 Å². The number of carbonyl (C=O) groups excluding carboxylic acids is 1. The number of pyridine rings is 1. The van der Waals surface area contributed by atoms with Gasteiger partial charge in [-0.25, -0.2) is 4.79 Å². The quantitative estimate of drug-likeness (QED) is 0.671. The summed E-state index contributed by atoms with van der Waals surface area (Å²) >= 11 is 3.32. The lowest BCUT2D eigenvalue weighted by molar-refractivity contribution is 0.0448. The van der Waals surface area contributed by atoms with Crippen molar-refractivity contribution < 1.29 is 14.3 Å². The van der Waals surface area contributed by atoms with Crippen molar-refractivity contribution in [3.8, 4) is 5.75 Å². The van der Waals surface area contributed by atoms with Crippen LogP contribution >= 0.6 is 15.9 Å². The van der Waals surface area contributed by atoms with Crippen molar-refractivity contribution >= 4 is 21.9 Å². The van der Waals surface area contributed by atoms with E-state index in [0.717, 1.165) is 4.47 Å². The number of carbonyl (C=O) groups is 1. The molecule has 1 aromatic heterocycles. The van der Waals surface area contributed by atoms with Crippen LogP contribution in [0.2, 0.25) is 0 Å². The van der Waals surface area contributed by atoms with E-state index in [4.69, 9.17) is 9.47 Å². The Balaban J connectivity index is 1.79. The predicted molar refractivity (Wildman–Crippen MR) is 77.0 cm³/mol. The lowest BCUT2D eigenvalue weighted by atomic mass is 10.3. The Hall–Kier alpha value is -2.08. The molecular weight excluding hydrogens is 326 g/mol.